The van der Waals surface area contributed by atoms with Crippen molar-refractivity contribution in [3.63, 3.8) is 0 Å². The van der Waals surface area contributed by atoms with Crippen molar-refractivity contribution in [1.29, 1.82) is 0 Å². The first kappa shape index (κ1) is 19.2. The summed E-state index contributed by atoms with van der Waals surface area (Å²) in [5.74, 6) is 0. The van der Waals surface area contributed by atoms with Gasteiger partial charge in [0, 0.05) is 26.2 Å². The van der Waals surface area contributed by atoms with Crippen LogP contribution in [0.2, 0.25) is 0 Å². The number of thiazole rings is 1. The summed E-state index contributed by atoms with van der Waals surface area (Å²) in [5, 5.41) is 0.817. The van der Waals surface area contributed by atoms with Gasteiger partial charge in [-0.1, -0.05) is 29.5 Å². The van der Waals surface area contributed by atoms with Gasteiger partial charge < -0.3 is 4.90 Å². The van der Waals surface area contributed by atoms with Gasteiger partial charge in [0.1, 0.15) is 0 Å². The van der Waals surface area contributed by atoms with Crippen molar-refractivity contribution < 1.29 is 21.6 Å². The van der Waals surface area contributed by atoms with E-state index in [1.54, 1.807) is 0 Å². The average molecular weight is 427 g/mol. The molecule has 0 spiro atoms. The molecule has 1 aliphatic heterocycles. The third kappa shape index (κ3) is 3.59. The van der Waals surface area contributed by atoms with Gasteiger partial charge in [0.25, 0.3) is 0 Å². The van der Waals surface area contributed by atoms with E-state index in [1.165, 1.54) is 21.7 Å². The quantitative estimate of drug-likeness (QED) is 0.638. The molecule has 4 rings (SSSR count). The molecule has 0 bridgehead atoms. The monoisotopic (exact) mass is 427 g/mol. The molecule has 0 N–H and O–H groups in total. The Morgan fingerprint density at radius 2 is 1.68 bits per heavy atom. The van der Waals surface area contributed by atoms with E-state index in [1.807, 2.05) is 29.2 Å². The van der Waals surface area contributed by atoms with Gasteiger partial charge in [-0.15, -0.1) is 0 Å². The zero-order valence-corrected chi connectivity index (χ0v) is 16.2. The Balaban J connectivity index is 1.51. The molecule has 2 aromatic carbocycles. The van der Waals surface area contributed by atoms with Gasteiger partial charge in [-0.25, -0.2) is 13.4 Å². The third-order valence-corrected chi connectivity index (χ3v) is 7.58. The van der Waals surface area contributed by atoms with Crippen LogP contribution in [0.15, 0.2) is 53.4 Å². The number of anilines is 1. The molecule has 1 aromatic heterocycles. The first-order valence-corrected chi connectivity index (χ1v) is 10.8. The topological polar surface area (TPSA) is 53.5 Å². The highest BCUT2D eigenvalue weighted by molar-refractivity contribution is 7.89. The fourth-order valence-corrected chi connectivity index (χ4v) is 5.58. The predicted octanol–water partition coefficient (Wildman–Crippen LogP) is 3.83. The Hall–Kier alpha value is -2.17. The maximum absolute atomic E-state index is 12.9. The summed E-state index contributed by atoms with van der Waals surface area (Å²) in [6.45, 7) is 1.24. The van der Waals surface area contributed by atoms with Gasteiger partial charge in [-0.3, -0.25) is 0 Å². The summed E-state index contributed by atoms with van der Waals surface area (Å²) in [4.78, 5) is 6.24. The maximum Gasteiger partial charge on any atom is 0.416 e. The lowest BCUT2D eigenvalue weighted by atomic mass is 10.2. The van der Waals surface area contributed by atoms with Crippen molar-refractivity contribution in [2.24, 2.45) is 0 Å². The molecule has 5 nitrogen and oxygen atoms in total. The van der Waals surface area contributed by atoms with Crippen LogP contribution in [0.3, 0.4) is 0 Å². The van der Waals surface area contributed by atoms with Gasteiger partial charge in [0.05, 0.1) is 20.7 Å². The molecule has 0 unspecified atom stereocenters. The van der Waals surface area contributed by atoms with E-state index in [4.69, 9.17) is 0 Å². The molecule has 1 fully saturated rings. The number of rotatable bonds is 3. The molecule has 3 aromatic rings. The predicted molar refractivity (Wildman–Crippen MR) is 102 cm³/mol. The van der Waals surface area contributed by atoms with E-state index in [9.17, 15) is 21.6 Å². The Labute approximate surface area is 164 Å². The number of para-hydroxylation sites is 1. The second-order valence-corrected chi connectivity index (χ2v) is 9.33. The van der Waals surface area contributed by atoms with Gasteiger partial charge >= 0.3 is 6.18 Å². The molecule has 0 radical (unpaired) electrons. The molecule has 28 heavy (non-hydrogen) atoms. The smallest absolute Gasteiger partial charge is 0.345 e. The minimum Gasteiger partial charge on any atom is -0.345 e. The Bertz CT molecular complexity index is 1070. The number of fused-ring (bicyclic) bond motifs is 1. The molecule has 0 aliphatic carbocycles. The van der Waals surface area contributed by atoms with Gasteiger partial charge in [0.15, 0.2) is 5.13 Å². The Morgan fingerprint density at radius 1 is 0.964 bits per heavy atom. The number of aromatic nitrogens is 1. The summed E-state index contributed by atoms with van der Waals surface area (Å²) >= 11 is 1.54. The Morgan fingerprint density at radius 3 is 2.36 bits per heavy atom. The van der Waals surface area contributed by atoms with Crippen molar-refractivity contribution in [1.82, 2.24) is 9.29 Å². The summed E-state index contributed by atoms with van der Waals surface area (Å²) in [7, 11) is -3.99. The molecule has 0 saturated carbocycles. The first-order valence-electron chi connectivity index (χ1n) is 8.53. The van der Waals surface area contributed by atoms with Crippen LogP contribution < -0.4 is 4.90 Å². The second kappa shape index (κ2) is 7.02. The number of halogens is 3. The zero-order valence-electron chi connectivity index (χ0n) is 14.6. The third-order valence-electron chi connectivity index (χ3n) is 4.59. The fourth-order valence-electron chi connectivity index (χ4n) is 3.10. The normalized spacial score (nSPS) is 16.6. The summed E-state index contributed by atoms with van der Waals surface area (Å²) < 4.78 is 66.5. The lowest BCUT2D eigenvalue weighted by molar-refractivity contribution is -0.137. The first-order chi connectivity index (χ1) is 13.2. The van der Waals surface area contributed by atoms with Crippen LogP contribution in [0.25, 0.3) is 10.2 Å². The SMILES string of the molecule is O=S(=O)(c1cccc(C(F)(F)F)c1)N1CCN(c2nc3ccccc3s2)CC1. The second-order valence-electron chi connectivity index (χ2n) is 6.38. The highest BCUT2D eigenvalue weighted by Crippen LogP contribution is 2.32. The number of nitrogens with zero attached hydrogens (tertiary/aromatic N) is 3. The standard InChI is InChI=1S/C18H16F3N3O2S2/c19-18(20,21)13-4-3-5-14(12-13)28(25,26)24-10-8-23(9-11-24)17-22-15-6-1-2-7-16(15)27-17/h1-7,12H,8-11H2. The van der Waals surface area contributed by atoms with Gasteiger partial charge in [-0.05, 0) is 30.3 Å². The van der Waals surface area contributed by atoms with Crippen molar-refractivity contribution in [3.05, 3.63) is 54.1 Å². The molecule has 0 atom stereocenters. The maximum atomic E-state index is 12.9. The molecule has 2 heterocycles. The minimum absolute atomic E-state index is 0.189. The fraction of sp³-hybridized carbons (Fsp3) is 0.278. The lowest BCUT2D eigenvalue weighted by Gasteiger charge is -2.33. The summed E-state index contributed by atoms with van der Waals surface area (Å²) in [5.41, 5.74) is -0.0804. The van der Waals surface area contributed by atoms with Gasteiger partial charge in [-0.2, -0.15) is 17.5 Å². The molecular formula is C18H16F3N3O2S2. The molecule has 0 amide bonds. The number of hydrogen-bond acceptors (Lipinski definition) is 5. The zero-order chi connectivity index (χ0) is 19.9. The number of alkyl halides is 3. The van der Waals surface area contributed by atoms with Crippen molar-refractivity contribution in [2.75, 3.05) is 31.1 Å². The molecule has 1 saturated heterocycles. The summed E-state index contributed by atoms with van der Waals surface area (Å²) in [6.07, 6.45) is -4.59. The Kier molecular flexibility index (Phi) is 4.80. The van der Waals surface area contributed by atoms with E-state index < -0.39 is 21.8 Å². The van der Waals surface area contributed by atoms with E-state index >= 15 is 0 Å². The molecule has 10 heteroatoms. The van der Waals surface area contributed by atoms with E-state index in [-0.39, 0.29) is 18.0 Å². The number of benzene rings is 2. The van der Waals surface area contributed by atoms with Crippen LogP contribution in [0, 0.1) is 0 Å². The van der Waals surface area contributed by atoms with Crippen molar-refractivity contribution in [2.45, 2.75) is 11.1 Å². The van der Waals surface area contributed by atoms with Crippen molar-refractivity contribution >= 4 is 36.7 Å². The van der Waals surface area contributed by atoms with Crippen LogP contribution in [0.1, 0.15) is 5.56 Å². The van der Waals surface area contributed by atoms with Crippen LogP contribution in [-0.4, -0.2) is 43.9 Å². The average Bonchev–Trinajstić information content (AvgIpc) is 3.12. The van der Waals surface area contributed by atoms with Crippen LogP contribution in [0.5, 0.6) is 0 Å². The highest BCUT2D eigenvalue weighted by Gasteiger charge is 2.34. The van der Waals surface area contributed by atoms with Crippen LogP contribution >= 0.6 is 11.3 Å². The minimum atomic E-state index is -4.59. The van der Waals surface area contributed by atoms with E-state index in [2.05, 4.69) is 4.98 Å². The van der Waals surface area contributed by atoms with Gasteiger partial charge in [0.2, 0.25) is 10.0 Å². The number of sulfonamides is 1. The van der Waals surface area contributed by atoms with Crippen molar-refractivity contribution in [3.8, 4) is 0 Å². The van der Waals surface area contributed by atoms with E-state index in [0.717, 1.165) is 27.5 Å². The molecular weight excluding hydrogens is 411 g/mol. The largest absolute Gasteiger partial charge is 0.416 e. The lowest BCUT2D eigenvalue weighted by Crippen LogP contribution is -2.48. The number of hydrogen-bond donors (Lipinski definition) is 0. The molecule has 1 aliphatic rings. The molecule has 148 valence electrons. The van der Waals surface area contributed by atoms with Crippen LogP contribution in [0.4, 0.5) is 18.3 Å². The van der Waals surface area contributed by atoms with E-state index in [0.29, 0.717) is 19.2 Å². The highest BCUT2D eigenvalue weighted by atomic mass is 32.2. The number of piperazine rings is 1. The summed E-state index contributed by atoms with van der Waals surface area (Å²) in [6, 6.07) is 11.6. The van der Waals surface area contributed by atoms with Crippen LogP contribution in [-0.2, 0) is 16.2 Å².